The van der Waals surface area contributed by atoms with Crippen LogP contribution in [0.2, 0.25) is 0 Å². The summed E-state index contributed by atoms with van der Waals surface area (Å²) in [5.74, 6) is 0.844. The molecule has 30 heavy (non-hydrogen) atoms. The highest BCUT2D eigenvalue weighted by Crippen LogP contribution is 2.25. The van der Waals surface area contributed by atoms with Crippen LogP contribution in [0.4, 0.5) is 4.39 Å². The summed E-state index contributed by atoms with van der Waals surface area (Å²) in [7, 11) is 1.80. The summed E-state index contributed by atoms with van der Waals surface area (Å²) >= 11 is 0. The fourth-order valence-corrected chi connectivity index (χ4v) is 4.42. The lowest BCUT2D eigenvalue weighted by atomic mass is 9.98. The van der Waals surface area contributed by atoms with Gasteiger partial charge in [-0.3, -0.25) is 4.79 Å². The first-order chi connectivity index (χ1) is 14.6. The average molecular weight is 413 g/mol. The Morgan fingerprint density at radius 2 is 1.63 bits per heavy atom. The number of nitrogens with zero attached hydrogens (tertiary/aromatic N) is 2. The number of ether oxygens (including phenoxy) is 2. The van der Waals surface area contributed by atoms with Gasteiger partial charge in [0.15, 0.2) is 0 Å². The average Bonchev–Trinajstić information content (AvgIpc) is 2.80. The standard InChI is InChI=1S/C24H29FN2O3/c1-29-21-11-15-26(16-12-21)20-9-13-27(14-10-20)24(28)18-3-2-4-23(17-18)30-22-7-5-19(25)6-8-22/h2-8,17,20-21H,9-16H2,1H3. The monoisotopic (exact) mass is 412 g/mol. The van der Waals surface area contributed by atoms with Gasteiger partial charge in [-0.15, -0.1) is 0 Å². The maximum absolute atomic E-state index is 13.1. The number of likely N-dealkylation sites (tertiary alicyclic amines) is 2. The molecule has 160 valence electrons. The van der Waals surface area contributed by atoms with Gasteiger partial charge in [-0.05, 0) is 68.1 Å². The van der Waals surface area contributed by atoms with Crippen molar-refractivity contribution in [1.82, 2.24) is 9.80 Å². The van der Waals surface area contributed by atoms with Crippen LogP contribution in [-0.2, 0) is 4.74 Å². The highest BCUT2D eigenvalue weighted by molar-refractivity contribution is 5.94. The molecule has 0 aromatic heterocycles. The Morgan fingerprint density at radius 1 is 0.933 bits per heavy atom. The largest absolute Gasteiger partial charge is 0.457 e. The van der Waals surface area contributed by atoms with Gasteiger partial charge in [0.05, 0.1) is 6.10 Å². The third-order valence-corrected chi connectivity index (χ3v) is 6.21. The lowest BCUT2D eigenvalue weighted by Crippen LogP contribution is -2.49. The lowest BCUT2D eigenvalue weighted by molar-refractivity contribution is 0.0145. The molecule has 0 atom stereocenters. The molecule has 5 nitrogen and oxygen atoms in total. The Kier molecular flexibility index (Phi) is 6.65. The van der Waals surface area contributed by atoms with Crippen LogP contribution in [0.15, 0.2) is 48.5 Å². The highest BCUT2D eigenvalue weighted by Gasteiger charge is 2.30. The molecule has 0 aliphatic carbocycles. The summed E-state index contributed by atoms with van der Waals surface area (Å²) in [6.45, 7) is 3.72. The molecular formula is C24H29FN2O3. The van der Waals surface area contributed by atoms with Gasteiger partial charge in [0.25, 0.3) is 5.91 Å². The molecule has 2 fully saturated rings. The van der Waals surface area contributed by atoms with Crippen molar-refractivity contribution in [3.63, 3.8) is 0 Å². The van der Waals surface area contributed by atoms with Gasteiger partial charge in [0.2, 0.25) is 0 Å². The van der Waals surface area contributed by atoms with Crippen molar-refractivity contribution in [3.05, 3.63) is 59.9 Å². The van der Waals surface area contributed by atoms with Gasteiger partial charge in [-0.1, -0.05) is 6.07 Å². The first-order valence-electron chi connectivity index (χ1n) is 10.7. The van der Waals surface area contributed by atoms with E-state index in [0.29, 0.717) is 29.2 Å². The summed E-state index contributed by atoms with van der Waals surface area (Å²) in [4.78, 5) is 17.5. The molecule has 0 spiro atoms. The fraction of sp³-hybridized carbons (Fsp3) is 0.458. The highest BCUT2D eigenvalue weighted by atomic mass is 19.1. The van der Waals surface area contributed by atoms with Crippen molar-refractivity contribution in [2.45, 2.75) is 37.8 Å². The number of carbonyl (C=O) groups is 1. The molecule has 0 bridgehead atoms. The van der Waals surface area contributed by atoms with Crippen LogP contribution in [0.1, 0.15) is 36.0 Å². The lowest BCUT2D eigenvalue weighted by Gasteiger charge is -2.41. The molecule has 0 saturated carbocycles. The summed E-state index contributed by atoms with van der Waals surface area (Å²) < 4.78 is 24.3. The van der Waals surface area contributed by atoms with Gasteiger partial charge in [-0.2, -0.15) is 0 Å². The number of carbonyl (C=O) groups excluding carboxylic acids is 1. The summed E-state index contributed by atoms with van der Waals surface area (Å²) in [6, 6.07) is 13.6. The molecule has 2 aromatic carbocycles. The Bertz CT molecular complexity index is 842. The molecule has 1 amide bonds. The Balaban J connectivity index is 1.32. The van der Waals surface area contributed by atoms with Gasteiger partial charge in [0, 0.05) is 44.9 Å². The molecule has 0 unspecified atom stereocenters. The van der Waals surface area contributed by atoms with Crippen LogP contribution in [0, 0.1) is 5.82 Å². The molecule has 6 heteroatoms. The van der Waals surface area contributed by atoms with Crippen molar-refractivity contribution in [1.29, 1.82) is 0 Å². The Morgan fingerprint density at radius 3 is 2.30 bits per heavy atom. The molecule has 2 aromatic rings. The van der Waals surface area contributed by atoms with E-state index >= 15 is 0 Å². The van der Waals surface area contributed by atoms with Crippen molar-refractivity contribution in [2.24, 2.45) is 0 Å². The number of benzene rings is 2. The van der Waals surface area contributed by atoms with Gasteiger partial charge in [-0.25, -0.2) is 4.39 Å². The molecule has 0 radical (unpaired) electrons. The van der Waals surface area contributed by atoms with Crippen LogP contribution < -0.4 is 4.74 Å². The van der Waals surface area contributed by atoms with Crippen molar-refractivity contribution in [2.75, 3.05) is 33.3 Å². The van der Waals surface area contributed by atoms with E-state index in [1.165, 1.54) is 12.1 Å². The SMILES string of the molecule is COC1CCN(C2CCN(C(=O)c3cccc(Oc4ccc(F)cc4)c3)CC2)CC1. The van der Waals surface area contributed by atoms with Gasteiger partial charge < -0.3 is 19.3 Å². The predicted octanol–water partition coefficient (Wildman–Crippen LogP) is 4.33. The topological polar surface area (TPSA) is 42.0 Å². The summed E-state index contributed by atoms with van der Waals surface area (Å²) in [6.07, 6.45) is 4.60. The number of amides is 1. The maximum atomic E-state index is 13.1. The normalized spacial score (nSPS) is 19.1. The van der Waals surface area contributed by atoms with E-state index in [-0.39, 0.29) is 11.7 Å². The smallest absolute Gasteiger partial charge is 0.253 e. The molecule has 2 aliphatic heterocycles. The third-order valence-electron chi connectivity index (χ3n) is 6.21. The first-order valence-corrected chi connectivity index (χ1v) is 10.7. The van der Waals surface area contributed by atoms with Crippen molar-refractivity contribution < 1.29 is 18.7 Å². The first kappa shape index (κ1) is 20.8. The van der Waals surface area contributed by atoms with E-state index < -0.39 is 0 Å². The van der Waals surface area contributed by atoms with E-state index in [2.05, 4.69) is 4.90 Å². The third kappa shape index (κ3) is 4.99. The van der Waals surface area contributed by atoms with Gasteiger partial charge >= 0.3 is 0 Å². The van der Waals surface area contributed by atoms with E-state index in [9.17, 15) is 9.18 Å². The number of hydrogen-bond donors (Lipinski definition) is 0. The number of rotatable bonds is 5. The maximum Gasteiger partial charge on any atom is 0.253 e. The fourth-order valence-electron chi connectivity index (χ4n) is 4.42. The summed E-state index contributed by atoms with van der Waals surface area (Å²) in [5.41, 5.74) is 0.619. The number of halogens is 1. The predicted molar refractivity (Wildman–Crippen MR) is 113 cm³/mol. The second-order valence-electron chi connectivity index (χ2n) is 8.08. The van der Waals surface area contributed by atoms with Crippen LogP contribution in [-0.4, -0.2) is 61.1 Å². The van der Waals surface area contributed by atoms with E-state index in [0.717, 1.165) is 51.9 Å². The van der Waals surface area contributed by atoms with E-state index in [1.807, 2.05) is 17.0 Å². The minimum absolute atomic E-state index is 0.0381. The molecule has 2 aliphatic rings. The second-order valence-corrected chi connectivity index (χ2v) is 8.08. The van der Waals surface area contributed by atoms with Crippen LogP contribution in [0.5, 0.6) is 11.5 Å². The minimum atomic E-state index is -0.308. The molecule has 0 N–H and O–H groups in total. The quantitative estimate of drug-likeness (QED) is 0.733. The van der Waals surface area contributed by atoms with E-state index in [1.54, 1.807) is 31.4 Å². The van der Waals surface area contributed by atoms with Crippen LogP contribution in [0.25, 0.3) is 0 Å². The summed E-state index contributed by atoms with van der Waals surface area (Å²) in [5, 5.41) is 0. The zero-order valence-electron chi connectivity index (χ0n) is 17.4. The molecule has 4 rings (SSSR count). The van der Waals surface area contributed by atoms with Crippen LogP contribution in [0.3, 0.4) is 0 Å². The number of piperidine rings is 2. The van der Waals surface area contributed by atoms with Gasteiger partial charge in [0.1, 0.15) is 17.3 Å². The van der Waals surface area contributed by atoms with Crippen molar-refractivity contribution in [3.8, 4) is 11.5 Å². The van der Waals surface area contributed by atoms with Crippen molar-refractivity contribution >= 4 is 5.91 Å². The molecular weight excluding hydrogens is 383 g/mol. The zero-order valence-corrected chi connectivity index (χ0v) is 17.4. The Labute approximate surface area is 177 Å². The number of hydrogen-bond acceptors (Lipinski definition) is 4. The molecule has 2 heterocycles. The zero-order chi connectivity index (χ0) is 20.9. The molecule has 2 saturated heterocycles. The number of methoxy groups -OCH3 is 1. The Hall–Kier alpha value is -2.44. The van der Waals surface area contributed by atoms with Crippen LogP contribution >= 0.6 is 0 Å². The van der Waals surface area contributed by atoms with E-state index in [4.69, 9.17) is 9.47 Å². The minimum Gasteiger partial charge on any atom is -0.457 e. The second kappa shape index (κ2) is 9.58.